The maximum atomic E-state index is 8.82. The summed E-state index contributed by atoms with van der Waals surface area (Å²) in [5, 5.41) is 23.3. The van der Waals surface area contributed by atoms with Crippen LogP contribution in [-0.2, 0) is 17.9 Å². The fourth-order valence-electron chi connectivity index (χ4n) is 4.19. The van der Waals surface area contributed by atoms with Crippen molar-refractivity contribution in [3.63, 3.8) is 0 Å². The van der Waals surface area contributed by atoms with Gasteiger partial charge in [0.25, 0.3) is 0 Å². The molecule has 7 nitrogen and oxygen atoms in total. The Morgan fingerprint density at radius 2 is 1.85 bits per heavy atom. The van der Waals surface area contributed by atoms with Crippen molar-refractivity contribution in [2.45, 2.75) is 32.0 Å². The number of aliphatic hydroxyl groups excluding tert-OH is 1. The van der Waals surface area contributed by atoms with Crippen molar-refractivity contribution in [2.75, 3.05) is 39.2 Å². The minimum atomic E-state index is -0.114. The summed E-state index contributed by atoms with van der Waals surface area (Å²) in [6.45, 7) is 3.26. The monoisotopic (exact) mass is 446 g/mol. The Kier molecular flexibility index (Phi) is 7.74. The molecule has 2 heterocycles. The molecule has 0 atom stereocenters. The van der Waals surface area contributed by atoms with Crippen LogP contribution in [0.1, 0.15) is 29.7 Å². The van der Waals surface area contributed by atoms with Gasteiger partial charge < -0.3 is 19.9 Å². The highest BCUT2D eigenvalue weighted by atomic mass is 16.5. The normalized spacial score (nSPS) is 14.6. The molecule has 1 aliphatic rings. The van der Waals surface area contributed by atoms with Gasteiger partial charge in [-0.1, -0.05) is 24.0 Å². The number of piperidine rings is 1. The van der Waals surface area contributed by atoms with Crippen molar-refractivity contribution < 1.29 is 14.6 Å². The van der Waals surface area contributed by atoms with Gasteiger partial charge in [0.15, 0.2) is 5.82 Å². The van der Waals surface area contributed by atoms with Crippen molar-refractivity contribution in [1.29, 1.82) is 0 Å². The predicted octanol–water partition coefficient (Wildman–Crippen LogP) is 3.21. The topological polar surface area (TPSA) is 79.7 Å². The van der Waals surface area contributed by atoms with Crippen LogP contribution in [0.3, 0.4) is 0 Å². The van der Waals surface area contributed by atoms with Crippen LogP contribution in [0.15, 0.2) is 42.5 Å². The molecule has 1 saturated heterocycles. The van der Waals surface area contributed by atoms with Crippen molar-refractivity contribution >= 4 is 16.6 Å². The van der Waals surface area contributed by atoms with E-state index in [0.717, 1.165) is 66.1 Å². The number of aromatic nitrogens is 2. The van der Waals surface area contributed by atoms with E-state index in [2.05, 4.69) is 44.4 Å². The Balaban J connectivity index is 1.39. The minimum Gasteiger partial charge on any atom is -0.497 e. The fourth-order valence-corrected chi connectivity index (χ4v) is 4.19. The first-order valence-electron chi connectivity index (χ1n) is 11.2. The lowest BCUT2D eigenvalue weighted by atomic mass is 10.0. The second kappa shape index (κ2) is 11.1. The molecule has 1 aromatic heterocycles. The van der Waals surface area contributed by atoms with Crippen LogP contribution in [0.5, 0.6) is 5.75 Å². The van der Waals surface area contributed by atoms with E-state index in [0.29, 0.717) is 12.6 Å². The van der Waals surface area contributed by atoms with Crippen LogP contribution in [0.4, 0.5) is 5.82 Å². The molecule has 172 valence electrons. The molecule has 0 aliphatic carbocycles. The quantitative estimate of drug-likeness (QED) is 0.540. The zero-order chi connectivity index (χ0) is 23.0. The number of ether oxygens (including phenoxy) is 2. The molecule has 0 radical (unpaired) electrons. The average Bonchev–Trinajstić information content (AvgIpc) is 2.86. The van der Waals surface area contributed by atoms with Crippen LogP contribution >= 0.6 is 0 Å². The highest BCUT2D eigenvalue weighted by Gasteiger charge is 2.21. The highest BCUT2D eigenvalue weighted by Crippen LogP contribution is 2.29. The van der Waals surface area contributed by atoms with Gasteiger partial charge >= 0.3 is 0 Å². The number of benzene rings is 2. The standard InChI is InChI=1S/C26H30N4O3/c1-32-18-25-23-10-9-22(33-2)16-24(23)26(29-28-25)27-21-11-13-30(14-12-21)17-20-7-5-19(6-8-20)4-3-15-31/h5-10,16,21,31H,11-15,17-18H2,1-2H3,(H,27,29). The Hall–Kier alpha value is -3.18. The van der Waals surface area contributed by atoms with Gasteiger partial charge in [0.2, 0.25) is 0 Å². The first kappa shape index (κ1) is 23.0. The number of rotatable bonds is 7. The molecule has 33 heavy (non-hydrogen) atoms. The third kappa shape index (κ3) is 5.79. The molecule has 0 bridgehead atoms. The lowest BCUT2D eigenvalue weighted by molar-refractivity contribution is 0.182. The number of anilines is 1. The second-order valence-electron chi connectivity index (χ2n) is 8.19. The molecule has 3 aromatic rings. The Morgan fingerprint density at radius 3 is 2.55 bits per heavy atom. The predicted molar refractivity (Wildman–Crippen MR) is 129 cm³/mol. The number of hydrogen-bond donors (Lipinski definition) is 2. The Labute approximate surface area is 194 Å². The third-order valence-electron chi connectivity index (χ3n) is 5.94. The molecular formula is C26H30N4O3. The van der Waals surface area contributed by atoms with Crippen LogP contribution in [-0.4, -0.2) is 60.2 Å². The number of methoxy groups -OCH3 is 2. The van der Waals surface area contributed by atoms with Crippen LogP contribution in [0, 0.1) is 11.8 Å². The molecule has 4 rings (SSSR count). The van der Waals surface area contributed by atoms with Gasteiger partial charge in [0.1, 0.15) is 12.4 Å². The number of aliphatic hydroxyl groups is 1. The van der Waals surface area contributed by atoms with Gasteiger partial charge in [-0.25, -0.2) is 0 Å². The first-order valence-corrected chi connectivity index (χ1v) is 11.2. The van der Waals surface area contributed by atoms with Crippen molar-refractivity contribution in [2.24, 2.45) is 0 Å². The smallest absolute Gasteiger partial charge is 0.156 e. The summed E-state index contributed by atoms with van der Waals surface area (Å²) in [5.74, 6) is 7.21. The van der Waals surface area contributed by atoms with Gasteiger partial charge in [0.05, 0.1) is 19.4 Å². The zero-order valence-corrected chi connectivity index (χ0v) is 19.2. The van der Waals surface area contributed by atoms with Gasteiger partial charge in [-0.05, 0) is 48.7 Å². The van der Waals surface area contributed by atoms with E-state index in [-0.39, 0.29) is 6.61 Å². The van der Waals surface area contributed by atoms with Crippen LogP contribution in [0.25, 0.3) is 10.8 Å². The van der Waals surface area contributed by atoms with E-state index in [1.54, 1.807) is 14.2 Å². The molecule has 1 fully saturated rings. The maximum Gasteiger partial charge on any atom is 0.156 e. The molecule has 2 aromatic carbocycles. The number of fused-ring (bicyclic) bond motifs is 1. The lowest BCUT2D eigenvalue weighted by Gasteiger charge is -2.32. The summed E-state index contributed by atoms with van der Waals surface area (Å²) in [7, 11) is 3.33. The van der Waals surface area contributed by atoms with Gasteiger partial charge in [0, 0.05) is 49.1 Å². The van der Waals surface area contributed by atoms with E-state index in [1.807, 2.05) is 30.3 Å². The molecule has 7 heteroatoms. The molecular weight excluding hydrogens is 416 g/mol. The second-order valence-corrected chi connectivity index (χ2v) is 8.19. The summed E-state index contributed by atoms with van der Waals surface area (Å²) in [4.78, 5) is 2.47. The summed E-state index contributed by atoms with van der Waals surface area (Å²) in [5.41, 5.74) is 3.02. The third-order valence-corrected chi connectivity index (χ3v) is 5.94. The molecule has 0 amide bonds. The summed E-state index contributed by atoms with van der Waals surface area (Å²) in [6, 6.07) is 14.6. The average molecular weight is 447 g/mol. The molecule has 0 saturated carbocycles. The van der Waals surface area contributed by atoms with Crippen molar-refractivity contribution in [3.8, 4) is 17.6 Å². The molecule has 1 aliphatic heterocycles. The number of likely N-dealkylation sites (tertiary alicyclic amines) is 1. The fraction of sp³-hybridized carbons (Fsp3) is 0.385. The zero-order valence-electron chi connectivity index (χ0n) is 19.2. The number of hydrogen-bond acceptors (Lipinski definition) is 7. The van der Waals surface area contributed by atoms with E-state index < -0.39 is 0 Å². The van der Waals surface area contributed by atoms with Gasteiger partial charge in [-0.3, -0.25) is 4.90 Å². The SMILES string of the molecule is COCc1nnc(NC2CCN(Cc3ccc(C#CCO)cc3)CC2)c2cc(OC)ccc12. The molecule has 0 spiro atoms. The van der Waals surface area contributed by atoms with E-state index >= 15 is 0 Å². The number of nitrogens with zero attached hydrogens (tertiary/aromatic N) is 3. The van der Waals surface area contributed by atoms with E-state index in [1.165, 1.54) is 5.56 Å². The van der Waals surface area contributed by atoms with Crippen LogP contribution in [0.2, 0.25) is 0 Å². The molecule has 2 N–H and O–H groups in total. The first-order chi connectivity index (χ1) is 16.2. The van der Waals surface area contributed by atoms with Crippen LogP contribution < -0.4 is 10.1 Å². The molecule has 0 unspecified atom stereocenters. The van der Waals surface area contributed by atoms with Gasteiger partial charge in [-0.15, -0.1) is 5.10 Å². The summed E-state index contributed by atoms with van der Waals surface area (Å²) in [6.07, 6.45) is 2.07. The highest BCUT2D eigenvalue weighted by molar-refractivity contribution is 5.94. The Bertz CT molecular complexity index is 1130. The largest absolute Gasteiger partial charge is 0.497 e. The lowest BCUT2D eigenvalue weighted by Crippen LogP contribution is -2.38. The summed E-state index contributed by atoms with van der Waals surface area (Å²) < 4.78 is 10.7. The van der Waals surface area contributed by atoms with Crippen molar-refractivity contribution in [1.82, 2.24) is 15.1 Å². The number of nitrogens with one attached hydrogen (secondary N) is 1. The maximum absolute atomic E-state index is 8.82. The van der Waals surface area contributed by atoms with E-state index in [4.69, 9.17) is 14.6 Å². The minimum absolute atomic E-state index is 0.114. The summed E-state index contributed by atoms with van der Waals surface area (Å²) >= 11 is 0. The Morgan fingerprint density at radius 1 is 1.06 bits per heavy atom. The van der Waals surface area contributed by atoms with E-state index in [9.17, 15) is 0 Å². The van der Waals surface area contributed by atoms with Crippen molar-refractivity contribution in [3.05, 3.63) is 59.3 Å². The van der Waals surface area contributed by atoms with Gasteiger partial charge in [-0.2, -0.15) is 5.10 Å².